The highest BCUT2D eigenvalue weighted by Gasteiger charge is 2.12. The zero-order valence-electron chi connectivity index (χ0n) is 11.0. The van der Waals surface area contributed by atoms with E-state index >= 15 is 0 Å². The van der Waals surface area contributed by atoms with Gasteiger partial charge in [-0.25, -0.2) is 0 Å². The highest BCUT2D eigenvalue weighted by atomic mass is 31.1. The first-order chi connectivity index (χ1) is 8.36. The molecule has 0 aromatic rings. The third-order valence-electron chi connectivity index (χ3n) is 3.16. The number of hydrogen-bond donors (Lipinski definition) is 0. The standard InChI is InChI=1S/C14H27P3/c1-3-9-16-11-5-7-15-8-6-12-17(10-4-2)14-13-16/h3-4,15H,1-2,5-14H2. The van der Waals surface area contributed by atoms with E-state index in [1.54, 1.807) is 0 Å². The molecule has 98 valence electrons. The lowest BCUT2D eigenvalue weighted by Gasteiger charge is -2.20. The maximum Gasteiger partial charge on any atom is -0.0147 e. The molecule has 1 heterocycles. The molecular formula is C14H27P3. The second-order valence-electron chi connectivity index (χ2n) is 4.64. The van der Waals surface area contributed by atoms with Crippen molar-refractivity contribution in [2.24, 2.45) is 0 Å². The molecule has 1 rings (SSSR count). The van der Waals surface area contributed by atoms with Gasteiger partial charge in [-0.2, -0.15) is 0 Å². The van der Waals surface area contributed by atoms with E-state index in [1.165, 1.54) is 70.7 Å². The van der Waals surface area contributed by atoms with Crippen LogP contribution in [0.25, 0.3) is 0 Å². The Morgan fingerprint density at radius 3 is 1.71 bits per heavy atom. The number of allylic oxidation sites excluding steroid dienone is 2. The molecule has 2 atom stereocenters. The topological polar surface area (TPSA) is 0 Å². The second kappa shape index (κ2) is 10.7. The van der Waals surface area contributed by atoms with Crippen molar-refractivity contribution in [1.82, 2.24) is 0 Å². The smallest absolute Gasteiger partial charge is 0.0147 e. The average Bonchev–Trinajstić information content (AvgIpc) is 2.37. The lowest BCUT2D eigenvalue weighted by atomic mass is 10.6. The van der Waals surface area contributed by atoms with Gasteiger partial charge in [-0.15, -0.1) is 37.6 Å². The fourth-order valence-electron chi connectivity index (χ4n) is 2.22. The molecule has 0 saturated carbocycles. The van der Waals surface area contributed by atoms with E-state index in [4.69, 9.17) is 0 Å². The van der Waals surface area contributed by atoms with Gasteiger partial charge >= 0.3 is 0 Å². The Bertz CT molecular complexity index is 194. The molecule has 17 heavy (non-hydrogen) atoms. The van der Waals surface area contributed by atoms with Crippen LogP contribution in [-0.4, -0.2) is 49.3 Å². The van der Waals surface area contributed by atoms with Gasteiger partial charge in [-0.05, 0) is 62.1 Å². The van der Waals surface area contributed by atoms with Crippen molar-refractivity contribution < 1.29 is 0 Å². The largest absolute Gasteiger partial charge is 0.122 e. The first kappa shape index (κ1) is 15.8. The molecule has 0 radical (unpaired) electrons. The molecule has 0 bridgehead atoms. The van der Waals surface area contributed by atoms with Crippen molar-refractivity contribution in [3.05, 3.63) is 25.3 Å². The Morgan fingerprint density at radius 1 is 0.824 bits per heavy atom. The maximum absolute atomic E-state index is 3.93. The van der Waals surface area contributed by atoms with Crippen molar-refractivity contribution in [2.75, 3.05) is 49.3 Å². The van der Waals surface area contributed by atoms with Gasteiger partial charge in [0.2, 0.25) is 0 Å². The zero-order chi connectivity index (χ0) is 12.3. The van der Waals surface area contributed by atoms with Crippen molar-refractivity contribution in [2.45, 2.75) is 12.8 Å². The summed E-state index contributed by atoms with van der Waals surface area (Å²) in [5, 5.41) is 0. The van der Waals surface area contributed by atoms with Crippen LogP contribution < -0.4 is 0 Å². The minimum Gasteiger partial charge on any atom is -0.122 e. The molecule has 1 aliphatic rings. The van der Waals surface area contributed by atoms with E-state index in [2.05, 4.69) is 25.3 Å². The Labute approximate surface area is 112 Å². The predicted molar refractivity (Wildman–Crippen MR) is 90.7 cm³/mol. The molecule has 0 N–H and O–H groups in total. The Hall–Kier alpha value is 0.770. The molecule has 0 amide bonds. The van der Waals surface area contributed by atoms with Crippen LogP contribution in [0.2, 0.25) is 0 Å². The van der Waals surface area contributed by atoms with Crippen LogP contribution in [0, 0.1) is 0 Å². The normalized spacial score (nSPS) is 29.4. The van der Waals surface area contributed by atoms with E-state index in [9.17, 15) is 0 Å². The Kier molecular flexibility index (Phi) is 9.93. The van der Waals surface area contributed by atoms with Gasteiger partial charge in [0.25, 0.3) is 0 Å². The van der Waals surface area contributed by atoms with Crippen LogP contribution in [0.3, 0.4) is 0 Å². The SMILES string of the molecule is C=CCP1CCCPCCCP(CC=C)CC1. The highest BCUT2D eigenvalue weighted by molar-refractivity contribution is 7.62. The van der Waals surface area contributed by atoms with E-state index in [1.807, 2.05) is 0 Å². The van der Waals surface area contributed by atoms with E-state index < -0.39 is 0 Å². The lowest BCUT2D eigenvalue weighted by Crippen LogP contribution is -2.01. The number of hydrogen-bond acceptors (Lipinski definition) is 0. The summed E-state index contributed by atoms with van der Waals surface area (Å²) in [5.74, 6) is 0. The molecule has 0 aromatic carbocycles. The summed E-state index contributed by atoms with van der Waals surface area (Å²) in [6.45, 7) is 7.86. The van der Waals surface area contributed by atoms with Gasteiger partial charge < -0.3 is 0 Å². The van der Waals surface area contributed by atoms with Crippen LogP contribution in [0.5, 0.6) is 0 Å². The van der Waals surface area contributed by atoms with Crippen LogP contribution in [0.15, 0.2) is 25.3 Å². The Morgan fingerprint density at radius 2 is 1.29 bits per heavy atom. The van der Waals surface area contributed by atoms with Crippen LogP contribution >= 0.6 is 24.4 Å². The third-order valence-corrected chi connectivity index (χ3v) is 10.1. The fraction of sp³-hybridized carbons (Fsp3) is 0.714. The molecule has 0 aliphatic carbocycles. The summed E-state index contributed by atoms with van der Waals surface area (Å²) in [7, 11) is 1.78. The number of rotatable bonds is 4. The van der Waals surface area contributed by atoms with Gasteiger partial charge in [-0.3, -0.25) is 0 Å². The predicted octanol–water partition coefficient (Wildman–Crippen LogP) is 4.79. The molecule has 3 heteroatoms. The molecule has 1 fully saturated rings. The minimum atomic E-state index is 0.275. The average molecular weight is 288 g/mol. The molecule has 2 unspecified atom stereocenters. The summed E-state index contributed by atoms with van der Waals surface area (Å²) >= 11 is 0. The molecule has 0 spiro atoms. The van der Waals surface area contributed by atoms with Gasteiger partial charge in [0.05, 0.1) is 0 Å². The zero-order valence-corrected chi connectivity index (χ0v) is 13.8. The molecule has 0 aromatic heterocycles. The lowest BCUT2D eigenvalue weighted by molar-refractivity contribution is 1.07. The fourth-order valence-corrected chi connectivity index (χ4v) is 9.30. The van der Waals surface area contributed by atoms with Crippen LogP contribution in [-0.2, 0) is 0 Å². The van der Waals surface area contributed by atoms with Crippen LogP contribution in [0.1, 0.15) is 12.8 Å². The summed E-state index contributed by atoms with van der Waals surface area (Å²) in [5.41, 5.74) is 0. The van der Waals surface area contributed by atoms with Gasteiger partial charge in [-0.1, -0.05) is 12.2 Å². The summed E-state index contributed by atoms with van der Waals surface area (Å²) in [4.78, 5) is 0. The monoisotopic (exact) mass is 288 g/mol. The molecular weight excluding hydrogens is 261 g/mol. The highest BCUT2D eigenvalue weighted by Crippen LogP contribution is 2.44. The maximum atomic E-state index is 3.93. The van der Waals surface area contributed by atoms with Gasteiger partial charge in [0.15, 0.2) is 0 Å². The van der Waals surface area contributed by atoms with E-state index in [0.29, 0.717) is 0 Å². The van der Waals surface area contributed by atoms with E-state index in [0.717, 1.165) is 0 Å². The van der Waals surface area contributed by atoms with E-state index in [-0.39, 0.29) is 15.8 Å². The molecule has 1 aliphatic heterocycles. The first-order valence-electron chi connectivity index (χ1n) is 6.74. The summed E-state index contributed by atoms with van der Waals surface area (Å²) in [6.07, 6.45) is 18.9. The van der Waals surface area contributed by atoms with Crippen molar-refractivity contribution in [1.29, 1.82) is 0 Å². The minimum absolute atomic E-state index is 0.275. The quantitative estimate of drug-likeness (QED) is 0.515. The molecule has 0 nitrogen and oxygen atoms in total. The van der Waals surface area contributed by atoms with Crippen molar-refractivity contribution in [3.63, 3.8) is 0 Å². The second-order valence-corrected chi connectivity index (χ2v) is 11.3. The Balaban J connectivity index is 2.43. The first-order valence-corrected chi connectivity index (χ1v) is 11.9. The van der Waals surface area contributed by atoms with Crippen LogP contribution in [0.4, 0.5) is 0 Å². The van der Waals surface area contributed by atoms with Crippen molar-refractivity contribution in [3.8, 4) is 0 Å². The van der Waals surface area contributed by atoms with Gasteiger partial charge in [0, 0.05) is 0 Å². The summed E-state index contributed by atoms with van der Waals surface area (Å²) < 4.78 is 0. The third kappa shape index (κ3) is 7.72. The van der Waals surface area contributed by atoms with Gasteiger partial charge in [0.1, 0.15) is 0 Å². The summed E-state index contributed by atoms with van der Waals surface area (Å²) in [6, 6.07) is 0. The molecule has 1 saturated heterocycles. The van der Waals surface area contributed by atoms with Crippen molar-refractivity contribution >= 4 is 24.4 Å².